The Morgan fingerprint density at radius 3 is 2.68 bits per heavy atom. The molecule has 4 rings (SSSR count). The lowest BCUT2D eigenvalue weighted by molar-refractivity contribution is -0.130. The van der Waals surface area contributed by atoms with Gasteiger partial charge in [0.15, 0.2) is 0 Å². The van der Waals surface area contributed by atoms with Crippen molar-refractivity contribution in [2.75, 3.05) is 13.2 Å². The van der Waals surface area contributed by atoms with Gasteiger partial charge in [-0.05, 0) is 36.6 Å². The van der Waals surface area contributed by atoms with E-state index < -0.39 is 5.41 Å². The van der Waals surface area contributed by atoms with Gasteiger partial charge in [0.25, 0.3) is 0 Å². The first-order valence-corrected chi connectivity index (χ1v) is 9.23. The lowest BCUT2D eigenvalue weighted by atomic mass is 9.73. The molecular formula is C21H21FN4O2. The van der Waals surface area contributed by atoms with Crippen molar-refractivity contribution >= 4 is 5.91 Å². The molecular weight excluding hydrogens is 359 g/mol. The molecule has 0 bridgehead atoms. The first-order chi connectivity index (χ1) is 13.7. The van der Waals surface area contributed by atoms with Gasteiger partial charge >= 0.3 is 0 Å². The molecule has 1 saturated heterocycles. The second-order valence-electron chi connectivity index (χ2n) is 6.84. The Morgan fingerprint density at radius 1 is 1.18 bits per heavy atom. The molecule has 28 heavy (non-hydrogen) atoms. The van der Waals surface area contributed by atoms with Crippen LogP contribution in [0.3, 0.4) is 0 Å². The Hall–Kier alpha value is -3.06. The number of carbonyl (C=O) groups excluding carboxylic acids is 1. The van der Waals surface area contributed by atoms with Gasteiger partial charge in [0, 0.05) is 43.9 Å². The number of ether oxygens (including phenoxy) is 1. The molecule has 2 aromatic heterocycles. The predicted molar refractivity (Wildman–Crippen MR) is 101 cm³/mol. The van der Waals surface area contributed by atoms with Gasteiger partial charge in [-0.15, -0.1) is 0 Å². The van der Waals surface area contributed by atoms with Gasteiger partial charge in [-0.1, -0.05) is 18.2 Å². The summed E-state index contributed by atoms with van der Waals surface area (Å²) in [5.74, 6) is 0.331. The number of amides is 1. The molecule has 7 heteroatoms. The topological polar surface area (TPSA) is 69.0 Å². The Bertz CT molecular complexity index is 935. The molecule has 1 amide bonds. The highest BCUT2D eigenvalue weighted by Crippen LogP contribution is 2.35. The molecule has 1 fully saturated rings. The van der Waals surface area contributed by atoms with E-state index in [1.54, 1.807) is 30.9 Å². The number of carbonyl (C=O) groups is 1. The first kappa shape index (κ1) is 18.3. The Kier molecular flexibility index (Phi) is 5.16. The summed E-state index contributed by atoms with van der Waals surface area (Å²) < 4.78 is 20.7. The summed E-state index contributed by atoms with van der Waals surface area (Å²) in [5.41, 5.74) is 0.981. The van der Waals surface area contributed by atoms with Crippen LogP contribution in [0.15, 0.2) is 61.3 Å². The van der Waals surface area contributed by atoms with Crippen LogP contribution < -0.4 is 5.32 Å². The Balaban J connectivity index is 1.57. The second-order valence-corrected chi connectivity index (χ2v) is 6.84. The van der Waals surface area contributed by atoms with E-state index in [4.69, 9.17) is 4.74 Å². The van der Waals surface area contributed by atoms with Crippen molar-refractivity contribution in [3.8, 4) is 5.82 Å². The fourth-order valence-corrected chi connectivity index (χ4v) is 3.67. The molecule has 0 spiro atoms. The van der Waals surface area contributed by atoms with E-state index in [2.05, 4.69) is 15.3 Å². The molecule has 1 aliphatic heterocycles. The number of rotatable bonds is 5. The standard InChI is InChI=1S/C21H21FN4O2/c22-18-5-3-17(4-6-18)21(7-12-28-13-8-21)20(27)25-14-16-2-1-9-24-19(16)26-11-10-23-15-26/h1-6,9-11,15H,7-8,12-14H2,(H,25,27). The maximum atomic E-state index is 13.4. The Morgan fingerprint density at radius 2 is 1.96 bits per heavy atom. The van der Waals surface area contributed by atoms with Crippen molar-refractivity contribution in [2.45, 2.75) is 24.8 Å². The minimum atomic E-state index is -0.719. The fraction of sp³-hybridized carbons (Fsp3) is 0.286. The zero-order chi connectivity index (χ0) is 19.4. The number of imidazole rings is 1. The highest BCUT2D eigenvalue weighted by Gasteiger charge is 2.41. The summed E-state index contributed by atoms with van der Waals surface area (Å²) in [6, 6.07) is 9.96. The number of pyridine rings is 1. The first-order valence-electron chi connectivity index (χ1n) is 9.23. The number of nitrogens with one attached hydrogen (secondary N) is 1. The summed E-state index contributed by atoms with van der Waals surface area (Å²) in [4.78, 5) is 21.7. The molecule has 0 unspecified atom stereocenters. The van der Waals surface area contributed by atoms with Gasteiger partial charge in [-0.3, -0.25) is 9.36 Å². The van der Waals surface area contributed by atoms with Crippen LogP contribution in [0.5, 0.6) is 0 Å². The van der Waals surface area contributed by atoms with Gasteiger partial charge in [-0.2, -0.15) is 0 Å². The molecule has 6 nitrogen and oxygen atoms in total. The summed E-state index contributed by atoms with van der Waals surface area (Å²) in [6.07, 6.45) is 8.00. The third-order valence-corrected chi connectivity index (χ3v) is 5.23. The van der Waals surface area contributed by atoms with Gasteiger partial charge in [-0.25, -0.2) is 14.4 Å². The van der Waals surface area contributed by atoms with Crippen LogP contribution >= 0.6 is 0 Å². The normalized spacial score (nSPS) is 15.9. The average molecular weight is 380 g/mol. The van der Waals surface area contributed by atoms with Crippen molar-refractivity contribution in [2.24, 2.45) is 0 Å². The van der Waals surface area contributed by atoms with Crippen molar-refractivity contribution in [3.63, 3.8) is 0 Å². The van der Waals surface area contributed by atoms with Crippen molar-refractivity contribution in [1.82, 2.24) is 19.9 Å². The fourth-order valence-electron chi connectivity index (χ4n) is 3.67. The van der Waals surface area contributed by atoms with Crippen LogP contribution in [-0.2, 0) is 21.5 Å². The van der Waals surface area contributed by atoms with E-state index >= 15 is 0 Å². The summed E-state index contributed by atoms with van der Waals surface area (Å²) in [6.45, 7) is 1.33. The van der Waals surface area contributed by atoms with E-state index in [0.717, 1.165) is 16.9 Å². The minimum absolute atomic E-state index is 0.0807. The van der Waals surface area contributed by atoms with Crippen LogP contribution in [0.4, 0.5) is 4.39 Å². The SMILES string of the molecule is O=C(NCc1cccnc1-n1ccnc1)C1(c2ccc(F)cc2)CCOCC1. The van der Waals surface area contributed by atoms with Crippen LogP contribution in [0.1, 0.15) is 24.0 Å². The minimum Gasteiger partial charge on any atom is -0.381 e. The van der Waals surface area contributed by atoms with Crippen LogP contribution in [-0.4, -0.2) is 33.7 Å². The van der Waals surface area contributed by atoms with Gasteiger partial charge in [0.1, 0.15) is 18.0 Å². The van der Waals surface area contributed by atoms with Crippen molar-refractivity contribution < 1.29 is 13.9 Å². The molecule has 1 N–H and O–H groups in total. The molecule has 0 radical (unpaired) electrons. The zero-order valence-corrected chi connectivity index (χ0v) is 15.3. The monoisotopic (exact) mass is 380 g/mol. The molecule has 0 aliphatic carbocycles. The molecule has 0 saturated carbocycles. The van der Waals surface area contributed by atoms with Crippen LogP contribution in [0.25, 0.3) is 5.82 Å². The van der Waals surface area contributed by atoms with Crippen LogP contribution in [0.2, 0.25) is 0 Å². The maximum absolute atomic E-state index is 13.4. The van der Waals surface area contributed by atoms with E-state index in [1.165, 1.54) is 12.1 Å². The quantitative estimate of drug-likeness (QED) is 0.739. The molecule has 0 atom stereocenters. The number of hydrogen-bond acceptors (Lipinski definition) is 4. The largest absolute Gasteiger partial charge is 0.381 e. The summed E-state index contributed by atoms with van der Waals surface area (Å²) in [5, 5.41) is 3.06. The number of nitrogens with zero attached hydrogens (tertiary/aromatic N) is 3. The third-order valence-electron chi connectivity index (χ3n) is 5.23. The molecule has 3 heterocycles. The van der Waals surface area contributed by atoms with Crippen LogP contribution in [0, 0.1) is 5.82 Å². The summed E-state index contributed by atoms with van der Waals surface area (Å²) in [7, 11) is 0. The van der Waals surface area contributed by atoms with Gasteiger partial charge in [0.2, 0.25) is 5.91 Å². The maximum Gasteiger partial charge on any atom is 0.231 e. The molecule has 3 aromatic rings. The lowest BCUT2D eigenvalue weighted by Crippen LogP contribution is -2.47. The predicted octanol–water partition coefficient (Wildman–Crippen LogP) is 2.77. The van der Waals surface area contributed by atoms with Gasteiger partial charge < -0.3 is 10.1 Å². The van der Waals surface area contributed by atoms with E-state index in [0.29, 0.717) is 32.6 Å². The highest BCUT2D eigenvalue weighted by molar-refractivity contribution is 5.88. The van der Waals surface area contributed by atoms with Gasteiger partial charge in [0.05, 0.1) is 5.41 Å². The summed E-state index contributed by atoms with van der Waals surface area (Å²) >= 11 is 0. The highest BCUT2D eigenvalue weighted by atomic mass is 19.1. The smallest absolute Gasteiger partial charge is 0.231 e. The number of hydrogen-bond donors (Lipinski definition) is 1. The molecule has 144 valence electrons. The second kappa shape index (κ2) is 7.90. The van der Waals surface area contributed by atoms with Crippen molar-refractivity contribution in [1.29, 1.82) is 0 Å². The third kappa shape index (κ3) is 3.53. The number of benzene rings is 1. The molecule has 1 aromatic carbocycles. The van der Waals surface area contributed by atoms with E-state index in [-0.39, 0.29) is 11.7 Å². The number of halogens is 1. The lowest BCUT2D eigenvalue weighted by Gasteiger charge is -2.36. The van der Waals surface area contributed by atoms with E-state index in [1.807, 2.05) is 22.9 Å². The average Bonchev–Trinajstić information content (AvgIpc) is 3.28. The van der Waals surface area contributed by atoms with E-state index in [9.17, 15) is 9.18 Å². The van der Waals surface area contributed by atoms with Crippen molar-refractivity contribution in [3.05, 3.63) is 78.3 Å². The zero-order valence-electron chi connectivity index (χ0n) is 15.3. The Labute approximate surface area is 162 Å². The number of aromatic nitrogens is 3. The molecule has 1 aliphatic rings.